The Morgan fingerprint density at radius 1 is 1.06 bits per heavy atom. The number of amides is 2. The van der Waals surface area contributed by atoms with Gasteiger partial charge in [0.05, 0.1) is 32.5 Å². The van der Waals surface area contributed by atoms with Crippen LogP contribution >= 0.6 is 0 Å². The van der Waals surface area contributed by atoms with Gasteiger partial charge in [-0.25, -0.2) is 4.79 Å². The van der Waals surface area contributed by atoms with Crippen LogP contribution in [-0.2, 0) is 17.8 Å². The number of nitrogens with zero attached hydrogens (tertiary/aromatic N) is 1. The van der Waals surface area contributed by atoms with Crippen molar-refractivity contribution in [1.82, 2.24) is 4.90 Å². The highest BCUT2D eigenvalue weighted by Gasteiger charge is 2.28. The summed E-state index contributed by atoms with van der Waals surface area (Å²) in [5, 5.41) is 0. The van der Waals surface area contributed by atoms with E-state index >= 15 is 0 Å². The zero-order valence-electron chi connectivity index (χ0n) is 20.3. The fourth-order valence-corrected chi connectivity index (χ4v) is 3.93. The number of Topliss-reactive ketones (excluding diaryl/α,β-unsaturated/α-hetero) is 1. The third-order valence-electron chi connectivity index (χ3n) is 5.47. The van der Waals surface area contributed by atoms with Crippen molar-refractivity contribution < 1.29 is 23.8 Å². The molecule has 0 aliphatic rings. The smallest absolute Gasteiger partial charge is 0.315 e. The number of nitrogens with two attached hydrogens (primary N) is 1. The Hall–Kier alpha value is -3.06. The van der Waals surface area contributed by atoms with Gasteiger partial charge in [0.2, 0.25) is 0 Å². The van der Waals surface area contributed by atoms with Crippen LogP contribution in [0.25, 0.3) is 0 Å². The van der Waals surface area contributed by atoms with Gasteiger partial charge in [-0.2, -0.15) is 0 Å². The molecule has 0 spiro atoms. The predicted octanol–water partition coefficient (Wildman–Crippen LogP) is 4.91. The van der Waals surface area contributed by atoms with Crippen LogP contribution in [-0.4, -0.2) is 43.1 Å². The molecule has 2 aromatic rings. The van der Waals surface area contributed by atoms with Gasteiger partial charge in [0.25, 0.3) is 0 Å². The average Bonchev–Trinajstić information content (AvgIpc) is 2.79. The first kappa shape index (κ1) is 26.2. The number of hydrogen-bond acceptors (Lipinski definition) is 5. The zero-order valence-corrected chi connectivity index (χ0v) is 20.3. The number of benzene rings is 2. The summed E-state index contributed by atoms with van der Waals surface area (Å²) in [6.45, 7) is 11.1. The SMILES string of the molecule is CCOc1cc(C(C)N(CCOCc2ccccc2)C(N)=O)c(CC)c(OCC)c1C(C)=O. The standard InChI is InChI=1S/C26H36N2O5/c1-6-21-22(16-23(32-7-2)24(19(5)29)25(21)33-8-3)18(4)28(26(27)30)14-15-31-17-20-12-10-9-11-13-20/h9-13,16,18H,6-8,14-15,17H2,1-5H3,(H2,27,30). The molecule has 1 unspecified atom stereocenters. The van der Waals surface area contributed by atoms with E-state index in [4.69, 9.17) is 19.9 Å². The van der Waals surface area contributed by atoms with Crippen LogP contribution < -0.4 is 15.2 Å². The molecule has 2 aromatic carbocycles. The van der Waals surface area contributed by atoms with E-state index in [2.05, 4.69) is 0 Å². The molecule has 7 nitrogen and oxygen atoms in total. The molecular formula is C26H36N2O5. The normalized spacial score (nSPS) is 11.7. The van der Waals surface area contributed by atoms with Crippen molar-refractivity contribution in [3.63, 3.8) is 0 Å². The number of rotatable bonds is 13. The lowest BCUT2D eigenvalue weighted by atomic mass is 9.92. The maximum Gasteiger partial charge on any atom is 0.315 e. The second-order valence-corrected chi connectivity index (χ2v) is 7.67. The van der Waals surface area contributed by atoms with Crippen molar-refractivity contribution in [2.75, 3.05) is 26.4 Å². The second-order valence-electron chi connectivity index (χ2n) is 7.67. The molecule has 0 aliphatic heterocycles. The Bertz CT molecular complexity index is 930. The summed E-state index contributed by atoms with van der Waals surface area (Å²) in [5.74, 6) is 0.846. The summed E-state index contributed by atoms with van der Waals surface area (Å²) >= 11 is 0. The molecule has 33 heavy (non-hydrogen) atoms. The zero-order chi connectivity index (χ0) is 24.4. The van der Waals surface area contributed by atoms with Crippen molar-refractivity contribution in [2.45, 2.75) is 53.7 Å². The Balaban J connectivity index is 2.35. The molecule has 0 heterocycles. The Morgan fingerprint density at radius 2 is 1.73 bits per heavy atom. The van der Waals surface area contributed by atoms with Crippen LogP contribution in [0.15, 0.2) is 36.4 Å². The highest BCUT2D eigenvalue weighted by atomic mass is 16.5. The van der Waals surface area contributed by atoms with Gasteiger partial charge in [0.15, 0.2) is 5.78 Å². The number of hydrogen-bond donors (Lipinski definition) is 1. The molecule has 0 fully saturated rings. The van der Waals surface area contributed by atoms with Crippen molar-refractivity contribution >= 4 is 11.8 Å². The number of ketones is 1. The van der Waals surface area contributed by atoms with E-state index in [9.17, 15) is 9.59 Å². The summed E-state index contributed by atoms with van der Waals surface area (Å²) in [5.41, 5.74) is 8.96. The number of primary amides is 1. The van der Waals surface area contributed by atoms with Gasteiger partial charge in [-0.1, -0.05) is 37.3 Å². The van der Waals surface area contributed by atoms with Crippen LogP contribution in [0.1, 0.15) is 67.7 Å². The minimum absolute atomic E-state index is 0.128. The first-order valence-electron chi connectivity index (χ1n) is 11.5. The number of carbonyl (C=O) groups excluding carboxylic acids is 2. The third-order valence-corrected chi connectivity index (χ3v) is 5.47. The monoisotopic (exact) mass is 456 g/mol. The fraction of sp³-hybridized carbons (Fsp3) is 0.462. The molecule has 0 saturated heterocycles. The first-order chi connectivity index (χ1) is 15.8. The van der Waals surface area contributed by atoms with Gasteiger partial charge in [-0.3, -0.25) is 4.79 Å². The van der Waals surface area contributed by atoms with Gasteiger partial charge in [0.1, 0.15) is 17.1 Å². The summed E-state index contributed by atoms with van der Waals surface area (Å²) < 4.78 is 17.5. The van der Waals surface area contributed by atoms with Crippen molar-refractivity contribution in [3.8, 4) is 11.5 Å². The van der Waals surface area contributed by atoms with Crippen molar-refractivity contribution in [1.29, 1.82) is 0 Å². The Morgan fingerprint density at radius 3 is 2.27 bits per heavy atom. The maximum absolute atomic E-state index is 12.5. The van der Waals surface area contributed by atoms with E-state index in [0.29, 0.717) is 56.5 Å². The van der Waals surface area contributed by atoms with E-state index in [0.717, 1.165) is 16.7 Å². The minimum atomic E-state index is -0.542. The second kappa shape index (κ2) is 12.8. The molecule has 0 radical (unpaired) electrons. The van der Waals surface area contributed by atoms with Gasteiger partial charge in [0, 0.05) is 12.1 Å². The molecule has 0 aliphatic carbocycles. The van der Waals surface area contributed by atoms with Gasteiger partial charge in [-0.15, -0.1) is 0 Å². The summed E-state index contributed by atoms with van der Waals surface area (Å²) in [6, 6.07) is 10.8. The highest BCUT2D eigenvalue weighted by molar-refractivity contribution is 6.00. The van der Waals surface area contributed by atoms with E-state index in [1.54, 1.807) is 4.90 Å². The number of urea groups is 1. The minimum Gasteiger partial charge on any atom is -0.493 e. The van der Waals surface area contributed by atoms with E-state index in [1.165, 1.54) is 6.92 Å². The van der Waals surface area contributed by atoms with Gasteiger partial charge >= 0.3 is 6.03 Å². The Labute approximate surface area is 196 Å². The van der Waals surface area contributed by atoms with Crippen molar-refractivity contribution in [2.24, 2.45) is 5.73 Å². The van der Waals surface area contributed by atoms with Crippen LogP contribution in [0.3, 0.4) is 0 Å². The molecule has 180 valence electrons. The third kappa shape index (κ3) is 6.71. The molecule has 2 N–H and O–H groups in total. The predicted molar refractivity (Wildman–Crippen MR) is 129 cm³/mol. The fourth-order valence-electron chi connectivity index (χ4n) is 3.93. The van der Waals surface area contributed by atoms with Crippen LogP contribution in [0.5, 0.6) is 11.5 Å². The highest BCUT2D eigenvalue weighted by Crippen LogP contribution is 2.40. The molecule has 0 bridgehead atoms. The van der Waals surface area contributed by atoms with Crippen LogP contribution in [0.4, 0.5) is 4.79 Å². The van der Waals surface area contributed by atoms with E-state index in [-0.39, 0.29) is 11.8 Å². The lowest BCUT2D eigenvalue weighted by molar-refractivity contribution is 0.0913. The molecule has 2 rings (SSSR count). The van der Waals surface area contributed by atoms with E-state index < -0.39 is 6.03 Å². The quantitative estimate of drug-likeness (QED) is 0.342. The molecule has 7 heteroatoms. The topological polar surface area (TPSA) is 91.1 Å². The molecule has 0 saturated carbocycles. The average molecular weight is 457 g/mol. The largest absolute Gasteiger partial charge is 0.493 e. The lowest BCUT2D eigenvalue weighted by Gasteiger charge is -2.31. The Kier molecular flexibility index (Phi) is 10.2. The van der Waals surface area contributed by atoms with Gasteiger partial charge in [-0.05, 0) is 51.3 Å². The molecule has 0 aromatic heterocycles. The number of ether oxygens (including phenoxy) is 3. The van der Waals surface area contributed by atoms with Crippen LogP contribution in [0.2, 0.25) is 0 Å². The summed E-state index contributed by atoms with van der Waals surface area (Å²) in [4.78, 5) is 26.4. The summed E-state index contributed by atoms with van der Waals surface area (Å²) in [7, 11) is 0. The van der Waals surface area contributed by atoms with Crippen LogP contribution in [0, 0.1) is 0 Å². The maximum atomic E-state index is 12.5. The number of carbonyl (C=O) groups is 2. The molecule has 1 atom stereocenters. The lowest BCUT2D eigenvalue weighted by Crippen LogP contribution is -2.40. The van der Waals surface area contributed by atoms with Gasteiger partial charge < -0.3 is 24.8 Å². The first-order valence-corrected chi connectivity index (χ1v) is 11.5. The molecular weight excluding hydrogens is 420 g/mol. The van der Waals surface area contributed by atoms with Crippen molar-refractivity contribution in [3.05, 3.63) is 58.7 Å². The molecule has 2 amide bonds. The summed E-state index contributed by atoms with van der Waals surface area (Å²) in [6.07, 6.45) is 0.624. The van der Waals surface area contributed by atoms with E-state index in [1.807, 2.05) is 64.1 Å².